The van der Waals surface area contributed by atoms with Gasteiger partial charge in [0.15, 0.2) is 5.78 Å². The van der Waals surface area contributed by atoms with Gasteiger partial charge in [0.2, 0.25) is 0 Å². The zero-order chi connectivity index (χ0) is 15.6. The van der Waals surface area contributed by atoms with Crippen molar-refractivity contribution >= 4 is 11.7 Å². The predicted octanol–water partition coefficient (Wildman–Crippen LogP) is 3.63. The van der Waals surface area contributed by atoms with Crippen molar-refractivity contribution in [1.29, 1.82) is 0 Å². The topological polar surface area (TPSA) is 53.2 Å². The van der Waals surface area contributed by atoms with Crippen molar-refractivity contribution in [3.8, 4) is 0 Å². The van der Waals surface area contributed by atoms with Crippen LogP contribution in [0.2, 0.25) is 0 Å². The number of H-pyrrole nitrogens is 1. The maximum Gasteiger partial charge on any atom is 0.270 e. The Kier molecular flexibility index (Phi) is 4.86. The van der Waals surface area contributed by atoms with Crippen LogP contribution in [0.3, 0.4) is 0 Å². The first-order chi connectivity index (χ1) is 9.93. The number of hydrogen-bond donors (Lipinski definition) is 1. The Morgan fingerprint density at radius 1 is 1.10 bits per heavy atom. The Hall–Kier alpha value is -1.58. The average molecular weight is 290 g/mol. The van der Waals surface area contributed by atoms with Gasteiger partial charge >= 0.3 is 0 Å². The first-order valence-corrected chi connectivity index (χ1v) is 7.90. The highest BCUT2D eigenvalue weighted by molar-refractivity contribution is 6.02. The van der Waals surface area contributed by atoms with Crippen molar-refractivity contribution < 1.29 is 9.59 Å². The molecule has 1 aromatic rings. The normalized spacial score (nSPS) is 16.6. The van der Waals surface area contributed by atoms with Crippen LogP contribution in [0.1, 0.15) is 77.6 Å². The molecule has 4 heteroatoms. The summed E-state index contributed by atoms with van der Waals surface area (Å²) in [6, 6.07) is 0.323. The monoisotopic (exact) mass is 290 g/mol. The second-order valence-electron chi connectivity index (χ2n) is 6.24. The molecular weight excluding hydrogens is 264 g/mol. The number of Topliss-reactive ketones (excluding diaryl/α,β-unsaturated/α-hetero) is 1. The van der Waals surface area contributed by atoms with Crippen molar-refractivity contribution in [2.75, 3.05) is 7.05 Å². The first-order valence-electron chi connectivity index (χ1n) is 7.90. The third kappa shape index (κ3) is 3.20. The molecule has 1 aliphatic rings. The molecule has 4 nitrogen and oxygen atoms in total. The van der Waals surface area contributed by atoms with E-state index in [-0.39, 0.29) is 11.7 Å². The lowest BCUT2D eigenvalue weighted by Gasteiger charge is -2.27. The number of nitrogens with one attached hydrogen (secondary N) is 1. The van der Waals surface area contributed by atoms with Crippen LogP contribution in [0.4, 0.5) is 0 Å². The maximum absolute atomic E-state index is 12.7. The Morgan fingerprint density at radius 2 is 1.67 bits per heavy atom. The lowest BCUT2D eigenvalue weighted by atomic mass is 10.0. The van der Waals surface area contributed by atoms with Gasteiger partial charge in [-0.05, 0) is 39.2 Å². The van der Waals surface area contributed by atoms with E-state index >= 15 is 0 Å². The number of rotatable bonds is 3. The van der Waals surface area contributed by atoms with Crippen LogP contribution in [0, 0.1) is 13.8 Å². The number of aryl methyl sites for hydroxylation is 1. The molecule has 0 spiro atoms. The summed E-state index contributed by atoms with van der Waals surface area (Å²) in [6.07, 6.45) is 7.11. The fourth-order valence-corrected chi connectivity index (χ4v) is 3.48. The number of hydrogen-bond acceptors (Lipinski definition) is 2. The molecule has 0 saturated heterocycles. The van der Waals surface area contributed by atoms with E-state index in [1.54, 1.807) is 6.92 Å². The van der Waals surface area contributed by atoms with Crippen LogP contribution in [0.5, 0.6) is 0 Å². The molecule has 0 radical (unpaired) electrons. The lowest BCUT2D eigenvalue weighted by Crippen LogP contribution is -2.37. The van der Waals surface area contributed by atoms with Crippen molar-refractivity contribution in [2.24, 2.45) is 0 Å². The standard InChI is InChI=1S/C17H26N2O2/c1-11-15(13(3)20)12(2)18-16(11)17(21)19(4)14-9-7-5-6-8-10-14/h14,18H,5-10H2,1-4H3. The van der Waals surface area contributed by atoms with E-state index in [1.807, 2.05) is 25.8 Å². The van der Waals surface area contributed by atoms with E-state index < -0.39 is 0 Å². The van der Waals surface area contributed by atoms with Crippen LogP contribution in [-0.4, -0.2) is 34.7 Å². The van der Waals surface area contributed by atoms with E-state index in [0.29, 0.717) is 17.3 Å². The number of aromatic amines is 1. The molecule has 116 valence electrons. The number of nitrogens with zero attached hydrogens (tertiary/aromatic N) is 1. The fraction of sp³-hybridized carbons (Fsp3) is 0.647. The molecule has 0 atom stereocenters. The molecule has 0 aromatic carbocycles. The zero-order valence-corrected chi connectivity index (χ0v) is 13.6. The molecule has 0 unspecified atom stereocenters. The highest BCUT2D eigenvalue weighted by Crippen LogP contribution is 2.24. The van der Waals surface area contributed by atoms with Crippen LogP contribution in [0.15, 0.2) is 0 Å². The van der Waals surface area contributed by atoms with E-state index in [0.717, 1.165) is 24.1 Å². The number of ketones is 1. The molecule has 1 aliphatic carbocycles. The summed E-state index contributed by atoms with van der Waals surface area (Å²) in [4.78, 5) is 29.4. The Morgan fingerprint density at radius 3 is 2.14 bits per heavy atom. The third-order valence-electron chi connectivity index (χ3n) is 4.70. The summed E-state index contributed by atoms with van der Waals surface area (Å²) in [6.45, 7) is 5.26. The Labute approximate surface area is 126 Å². The van der Waals surface area contributed by atoms with Gasteiger partial charge in [-0.3, -0.25) is 9.59 Å². The largest absolute Gasteiger partial charge is 0.354 e. The van der Waals surface area contributed by atoms with Gasteiger partial charge in [-0.2, -0.15) is 0 Å². The summed E-state index contributed by atoms with van der Waals surface area (Å²) in [7, 11) is 1.89. The molecule has 1 heterocycles. The molecule has 1 fully saturated rings. The minimum absolute atomic E-state index is 0.00926. The van der Waals surface area contributed by atoms with Crippen molar-refractivity contribution in [3.05, 3.63) is 22.5 Å². The number of carbonyl (C=O) groups excluding carboxylic acids is 2. The minimum Gasteiger partial charge on any atom is -0.354 e. The summed E-state index contributed by atoms with van der Waals surface area (Å²) in [5.74, 6) is 0.0208. The van der Waals surface area contributed by atoms with E-state index in [1.165, 1.54) is 25.7 Å². The van der Waals surface area contributed by atoms with E-state index in [2.05, 4.69) is 4.98 Å². The molecule has 1 amide bonds. The summed E-state index contributed by atoms with van der Waals surface area (Å²) < 4.78 is 0. The molecular formula is C17H26N2O2. The smallest absolute Gasteiger partial charge is 0.270 e. The van der Waals surface area contributed by atoms with Gasteiger partial charge in [0.25, 0.3) is 5.91 Å². The minimum atomic E-state index is 0.00926. The van der Waals surface area contributed by atoms with Crippen LogP contribution in [0.25, 0.3) is 0 Å². The number of carbonyl (C=O) groups is 2. The SMILES string of the molecule is CC(=O)c1c(C)[nH]c(C(=O)N(C)C2CCCCCC2)c1C. The highest BCUT2D eigenvalue weighted by Gasteiger charge is 2.26. The zero-order valence-electron chi connectivity index (χ0n) is 13.6. The molecule has 1 N–H and O–H groups in total. The number of amides is 1. The summed E-state index contributed by atoms with van der Waals surface area (Å²) >= 11 is 0. The summed E-state index contributed by atoms with van der Waals surface area (Å²) in [5.41, 5.74) is 2.81. The van der Waals surface area contributed by atoms with E-state index in [4.69, 9.17) is 0 Å². The second kappa shape index (κ2) is 6.46. The second-order valence-corrected chi connectivity index (χ2v) is 6.24. The number of aromatic nitrogens is 1. The summed E-state index contributed by atoms with van der Waals surface area (Å²) in [5, 5.41) is 0. The molecule has 1 saturated carbocycles. The van der Waals surface area contributed by atoms with Gasteiger partial charge in [-0.25, -0.2) is 0 Å². The highest BCUT2D eigenvalue weighted by atomic mass is 16.2. The lowest BCUT2D eigenvalue weighted by molar-refractivity contribution is 0.0711. The van der Waals surface area contributed by atoms with Gasteiger partial charge in [0, 0.05) is 24.3 Å². The van der Waals surface area contributed by atoms with Gasteiger partial charge in [0.1, 0.15) is 5.69 Å². The third-order valence-corrected chi connectivity index (χ3v) is 4.70. The molecule has 1 aromatic heterocycles. The van der Waals surface area contributed by atoms with Gasteiger partial charge in [0.05, 0.1) is 0 Å². The van der Waals surface area contributed by atoms with Crippen LogP contribution >= 0.6 is 0 Å². The molecule has 0 bridgehead atoms. The Bertz CT molecular complexity index is 537. The van der Waals surface area contributed by atoms with Crippen LogP contribution in [-0.2, 0) is 0 Å². The van der Waals surface area contributed by atoms with Gasteiger partial charge in [-0.1, -0.05) is 25.7 Å². The predicted molar refractivity (Wildman–Crippen MR) is 83.9 cm³/mol. The van der Waals surface area contributed by atoms with E-state index in [9.17, 15) is 9.59 Å². The van der Waals surface area contributed by atoms with Gasteiger partial charge < -0.3 is 9.88 Å². The molecule has 2 rings (SSSR count). The molecule has 0 aliphatic heterocycles. The first kappa shape index (κ1) is 15.8. The van der Waals surface area contributed by atoms with Gasteiger partial charge in [-0.15, -0.1) is 0 Å². The quantitative estimate of drug-likeness (QED) is 0.682. The maximum atomic E-state index is 12.7. The van der Waals surface area contributed by atoms with Crippen molar-refractivity contribution in [2.45, 2.75) is 65.3 Å². The fourth-order valence-electron chi connectivity index (χ4n) is 3.48. The average Bonchev–Trinajstić information content (AvgIpc) is 2.63. The van der Waals surface area contributed by atoms with Crippen LogP contribution < -0.4 is 0 Å². The molecule has 21 heavy (non-hydrogen) atoms. The van der Waals surface area contributed by atoms with Crippen molar-refractivity contribution in [1.82, 2.24) is 9.88 Å². The van der Waals surface area contributed by atoms with Crippen molar-refractivity contribution in [3.63, 3.8) is 0 Å². The Balaban J connectivity index is 2.23.